The Balaban J connectivity index is 1.53. The number of aromatic nitrogens is 1. The average Bonchev–Trinajstić information content (AvgIpc) is 2.77. The number of aliphatic hydroxyl groups is 3. The first-order chi connectivity index (χ1) is 14.6. The molecule has 2 unspecified atom stereocenters. The molecule has 0 saturated carbocycles. The van der Waals surface area contributed by atoms with Crippen LogP contribution in [0, 0.1) is 0 Å². The highest BCUT2D eigenvalue weighted by molar-refractivity contribution is 6.30. The van der Waals surface area contributed by atoms with Crippen LogP contribution in [-0.4, -0.2) is 39.5 Å². The predicted octanol–water partition coefficient (Wildman–Crippen LogP) is 3.25. The molecule has 0 aliphatic carbocycles. The minimum atomic E-state index is -0.712. The Labute approximate surface area is 180 Å². The van der Waals surface area contributed by atoms with Crippen LogP contribution in [0.3, 0.4) is 0 Å². The quantitative estimate of drug-likeness (QED) is 0.396. The number of pyridine rings is 1. The van der Waals surface area contributed by atoms with Gasteiger partial charge in [-0.3, -0.25) is 0 Å². The van der Waals surface area contributed by atoms with E-state index in [0.29, 0.717) is 35.3 Å². The zero-order valence-electron chi connectivity index (χ0n) is 16.4. The van der Waals surface area contributed by atoms with Gasteiger partial charge in [0.15, 0.2) is 0 Å². The van der Waals surface area contributed by atoms with E-state index < -0.39 is 6.10 Å². The zero-order chi connectivity index (χ0) is 21.3. The van der Waals surface area contributed by atoms with Gasteiger partial charge in [-0.1, -0.05) is 41.9 Å². The van der Waals surface area contributed by atoms with E-state index in [1.807, 2.05) is 30.3 Å². The highest BCUT2D eigenvalue weighted by atomic mass is 35.5. The third kappa shape index (κ3) is 6.52. The number of aliphatic hydroxyl groups excluding tert-OH is 3. The van der Waals surface area contributed by atoms with E-state index in [-0.39, 0.29) is 19.3 Å². The molecule has 7 heteroatoms. The molecule has 3 aromatic rings. The van der Waals surface area contributed by atoms with Crippen molar-refractivity contribution in [2.75, 3.05) is 13.2 Å². The summed E-state index contributed by atoms with van der Waals surface area (Å²) in [5, 5.41) is 33.0. The van der Waals surface area contributed by atoms with Crippen molar-refractivity contribution in [2.24, 2.45) is 0 Å². The first kappa shape index (κ1) is 22.2. The van der Waals surface area contributed by atoms with Crippen molar-refractivity contribution in [1.29, 1.82) is 0 Å². The summed E-state index contributed by atoms with van der Waals surface area (Å²) in [7, 11) is 0. The molecule has 0 spiro atoms. The maximum absolute atomic E-state index is 10.3. The molecule has 30 heavy (non-hydrogen) atoms. The molecule has 3 rings (SSSR count). The van der Waals surface area contributed by atoms with Gasteiger partial charge < -0.3 is 25.4 Å². The van der Waals surface area contributed by atoms with Gasteiger partial charge in [0, 0.05) is 23.7 Å². The summed E-state index contributed by atoms with van der Waals surface area (Å²) in [6.07, 6.45) is -0.118. The Bertz CT molecular complexity index is 936. The Morgan fingerprint density at radius 2 is 1.77 bits per heavy atom. The fourth-order valence-corrected chi connectivity index (χ4v) is 3.21. The van der Waals surface area contributed by atoms with Crippen molar-refractivity contribution in [1.82, 2.24) is 10.3 Å². The third-order valence-electron chi connectivity index (χ3n) is 4.62. The summed E-state index contributed by atoms with van der Waals surface area (Å²) in [6, 6.07) is 19.6. The average molecular weight is 429 g/mol. The van der Waals surface area contributed by atoms with Crippen LogP contribution >= 0.6 is 11.6 Å². The molecule has 1 aromatic heterocycles. The number of benzene rings is 2. The van der Waals surface area contributed by atoms with Gasteiger partial charge in [-0.25, -0.2) is 4.98 Å². The zero-order valence-corrected chi connectivity index (χ0v) is 17.2. The normalized spacial score (nSPS) is 13.1. The second-order valence-corrected chi connectivity index (χ2v) is 7.37. The van der Waals surface area contributed by atoms with Crippen molar-refractivity contribution in [3.05, 3.63) is 88.6 Å². The van der Waals surface area contributed by atoms with Crippen molar-refractivity contribution in [3.8, 4) is 11.6 Å². The van der Waals surface area contributed by atoms with Crippen LogP contribution in [0.2, 0.25) is 5.02 Å². The van der Waals surface area contributed by atoms with Crippen molar-refractivity contribution < 1.29 is 20.1 Å². The van der Waals surface area contributed by atoms with E-state index in [0.717, 1.165) is 11.1 Å². The smallest absolute Gasteiger partial charge is 0.219 e. The summed E-state index contributed by atoms with van der Waals surface area (Å²) < 4.78 is 5.71. The first-order valence-corrected chi connectivity index (χ1v) is 10.1. The van der Waals surface area contributed by atoms with E-state index >= 15 is 0 Å². The number of nitrogens with one attached hydrogen (secondary N) is 1. The van der Waals surface area contributed by atoms with Gasteiger partial charge >= 0.3 is 0 Å². The number of hydrogen-bond donors (Lipinski definition) is 4. The van der Waals surface area contributed by atoms with Gasteiger partial charge in [-0.2, -0.15) is 0 Å². The lowest BCUT2D eigenvalue weighted by Crippen LogP contribution is -2.37. The topological polar surface area (TPSA) is 94.8 Å². The number of halogens is 1. The largest absolute Gasteiger partial charge is 0.439 e. The van der Waals surface area contributed by atoms with E-state index in [4.69, 9.17) is 21.4 Å². The maximum Gasteiger partial charge on any atom is 0.219 e. The molecule has 0 bridgehead atoms. The maximum atomic E-state index is 10.3. The monoisotopic (exact) mass is 428 g/mol. The van der Waals surface area contributed by atoms with Crippen LogP contribution < -0.4 is 10.1 Å². The van der Waals surface area contributed by atoms with Gasteiger partial charge in [0.25, 0.3) is 0 Å². The van der Waals surface area contributed by atoms with Gasteiger partial charge in [0.2, 0.25) is 5.88 Å². The fraction of sp³-hybridized carbons (Fsp3) is 0.261. The van der Waals surface area contributed by atoms with E-state index in [1.165, 1.54) is 0 Å². The molecule has 158 valence electrons. The van der Waals surface area contributed by atoms with Crippen LogP contribution in [0.25, 0.3) is 0 Å². The Kier molecular flexibility index (Phi) is 8.19. The van der Waals surface area contributed by atoms with Gasteiger partial charge in [0.1, 0.15) is 5.75 Å². The minimum absolute atomic E-state index is 0.0572. The number of nitrogens with zero attached hydrogens (tertiary/aromatic N) is 1. The summed E-state index contributed by atoms with van der Waals surface area (Å²) in [5.41, 5.74) is 2.29. The van der Waals surface area contributed by atoms with Crippen LogP contribution in [0.5, 0.6) is 11.6 Å². The lowest BCUT2D eigenvalue weighted by atomic mass is 10.1. The molecule has 1 heterocycles. The third-order valence-corrected chi connectivity index (χ3v) is 4.86. The van der Waals surface area contributed by atoms with E-state index in [9.17, 15) is 10.2 Å². The summed E-state index contributed by atoms with van der Waals surface area (Å²) in [6.45, 7) is 0.107. The van der Waals surface area contributed by atoms with E-state index in [1.54, 1.807) is 36.4 Å². The lowest BCUT2D eigenvalue weighted by molar-refractivity contribution is 0.158. The van der Waals surface area contributed by atoms with Crippen LogP contribution in [0.1, 0.15) is 22.9 Å². The molecule has 0 aliphatic heterocycles. The molecule has 2 atom stereocenters. The van der Waals surface area contributed by atoms with Gasteiger partial charge in [-0.15, -0.1) is 0 Å². The molecular formula is C23H25ClN2O4. The number of hydrogen-bond acceptors (Lipinski definition) is 6. The highest BCUT2D eigenvalue weighted by Crippen LogP contribution is 2.21. The SMILES string of the molecule is OCc1cccc(Oc2ccc(CC(CO)NCC(O)c3cccc(Cl)c3)cc2)n1. The van der Waals surface area contributed by atoms with Gasteiger partial charge in [0.05, 0.1) is 25.0 Å². The summed E-state index contributed by atoms with van der Waals surface area (Å²) >= 11 is 5.97. The van der Waals surface area contributed by atoms with Crippen molar-refractivity contribution in [2.45, 2.75) is 25.2 Å². The van der Waals surface area contributed by atoms with Crippen LogP contribution in [0.4, 0.5) is 0 Å². The Hall–Kier alpha value is -2.48. The lowest BCUT2D eigenvalue weighted by Gasteiger charge is -2.19. The predicted molar refractivity (Wildman–Crippen MR) is 116 cm³/mol. The number of rotatable bonds is 10. The van der Waals surface area contributed by atoms with Crippen LogP contribution in [-0.2, 0) is 13.0 Å². The van der Waals surface area contributed by atoms with Crippen molar-refractivity contribution >= 4 is 11.6 Å². The molecule has 0 aliphatic rings. The second-order valence-electron chi connectivity index (χ2n) is 6.93. The van der Waals surface area contributed by atoms with E-state index in [2.05, 4.69) is 10.3 Å². The fourth-order valence-electron chi connectivity index (χ4n) is 3.01. The summed E-state index contributed by atoms with van der Waals surface area (Å²) in [5.74, 6) is 1.05. The molecule has 4 N–H and O–H groups in total. The summed E-state index contributed by atoms with van der Waals surface area (Å²) in [4.78, 5) is 4.19. The number of ether oxygens (including phenoxy) is 1. The minimum Gasteiger partial charge on any atom is -0.439 e. The first-order valence-electron chi connectivity index (χ1n) is 9.68. The highest BCUT2D eigenvalue weighted by Gasteiger charge is 2.13. The molecule has 0 saturated heterocycles. The molecular weight excluding hydrogens is 404 g/mol. The van der Waals surface area contributed by atoms with Crippen molar-refractivity contribution in [3.63, 3.8) is 0 Å². The molecule has 0 amide bonds. The van der Waals surface area contributed by atoms with Crippen LogP contribution in [0.15, 0.2) is 66.7 Å². The Morgan fingerprint density at radius 3 is 2.47 bits per heavy atom. The molecule has 6 nitrogen and oxygen atoms in total. The van der Waals surface area contributed by atoms with Gasteiger partial charge in [-0.05, 0) is 47.9 Å². The molecule has 0 fully saturated rings. The molecule has 2 aromatic carbocycles. The molecule has 0 radical (unpaired) electrons. The Morgan fingerprint density at radius 1 is 1.00 bits per heavy atom. The second kappa shape index (κ2) is 11.1. The standard InChI is InChI=1S/C23H25ClN2O4/c24-18-4-1-3-17(12-18)22(29)13-25-20(15-28)11-16-7-9-21(10-8-16)30-23-6-2-5-19(14-27)26-23/h1-10,12,20,22,25,27-29H,11,13-15H2.